The molecule has 0 spiro atoms. The third kappa shape index (κ3) is 17.9. The van der Waals surface area contributed by atoms with Crippen LogP contribution in [0.4, 0.5) is 46.0 Å². The van der Waals surface area contributed by atoms with Crippen LogP contribution in [-0.2, 0) is 56.4 Å². The van der Waals surface area contributed by atoms with E-state index in [4.69, 9.17) is 0 Å². The van der Waals surface area contributed by atoms with E-state index >= 15 is 0 Å². The van der Waals surface area contributed by atoms with Crippen molar-refractivity contribution in [3.63, 3.8) is 0 Å². The van der Waals surface area contributed by atoms with Crippen LogP contribution in [0.2, 0.25) is 0 Å². The van der Waals surface area contributed by atoms with Gasteiger partial charge in [-0.05, 0) is 172 Å². The number of hydrogen-bond donors (Lipinski definition) is 0. The number of hydrogen-bond acceptors (Lipinski definition) is 8. The smallest absolute Gasteiger partial charge is 0.335 e. The molecule has 0 N–H and O–H groups in total. The van der Waals surface area contributed by atoms with Crippen molar-refractivity contribution in [1.29, 1.82) is 0 Å². The Morgan fingerprint density at radius 1 is 0.236 bits per heavy atom. The molecule has 20 rings (SSSR count). The van der Waals surface area contributed by atoms with Crippen molar-refractivity contribution in [2.45, 2.75) is 210 Å². The quantitative estimate of drug-likeness (QED) is 0.0699. The van der Waals surface area contributed by atoms with Crippen molar-refractivity contribution in [2.75, 3.05) is 57.6 Å². The lowest BCUT2D eigenvalue weighted by atomic mass is 9.92. The minimum absolute atomic E-state index is 0.202. The van der Waals surface area contributed by atoms with Gasteiger partial charge in [0, 0.05) is 109 Å². The highest BCUT2D eigenvalue weighted by atomic mass is 15.5. The third-order valence-corrected chi connectivity index (χ3v) is 30.9. The molecule has 0 aliphatic carbocycles. The van der Waals surface area contributed by atoms with Gasteiger partial charge in [0.2, 0.25) is 22.8 Å². The predicted octanol–water partition coefficient (Wildman–Crippen LogP) is 23.5. The molecule has 8 aromatic heterocycles. The summed E-state index contributed by atoms with van der Waals surface area (Å²) in [6.45, 7) is 45.7. The maximum atomic E-state index is 2.52. The van der Waals surface area contributed by atoms with Gasteiger partial charge >= 0.3 is 23.3 Å². The molecule has 0 fully saturated rings. The highest BCUT2D eigenvalue weighted by Gasteiger charge is 2.46. The van der Waals surface area contributed by atoms with Gasteiger partial charge in [-0.2, -0.15) is 18.3 Å². The van der Waals surface area contributed by atoms with Crippen LogP contribution in [0, 0.1) is 0 Å². The second kappa shape index (κ2) is 41.1. The number of fused-ring (bicyclic) bond motifs is 4. The first-order chi connectivity index (χ1) is 68.9. The molecule has 0 amide bonds. The van der Waals surface area contributed by atoms with Crippen molar-refractivity contribution >= 4 is 68.1 Å². The van der Waals surface area contributed by atoms with Crippen LogP contribution >= 0.6 is 0 Å². The molecule has 144 heavy (non-hydrogen) atoms. The molecule has 4 atom stereocenters. The number of pyridine rings is 4. The summed E-state index contributed by atoms with van der Waals surface area (Å²) in [7, 11) is 26.0. The van der Waals surface area contributed by atoms with Gasteiger partial charge in [0.25, 0.3) is 23.3 Å². The van der Waals surface area contributed by atoms with E-state index in [2.05, 4.69) is 609 Å². The fourth-order valence-electron chi connectivity index (χ4n) is 22.4. The topological polar surface area (TPSA) is 76.7 Å². The molecule has 0 bridgehead atoms. The molecule has 0 radical (unpaired) electrons. The number of nitrogens with zero attached hydrogens (tertiary/aromatic N) is 20. The van der Waals surface area contributed by atoms with Gasteiger partial charge in [-0.1, -0.05) is 232 Å². The number of benzene rings is 8. The largest absolute Gasteiger partial charge is 0.339 e. The fourth-order valence-corrected chi connectivity index (χ4v) is 22.4. The Morgan fingerprint density at radius 2 is 0.486 bits per heavy atom. The second-order valence-electron chi connectivity index (χ2n) is 42.5. The summed E-state index contributed by atoms with van der Waals surface area (Å²) in [5.74, 6) is 12.7. The summed E-state index contributed by atoms with van der Waals surface area (Å²) in [4.78, 5) is 18.7. The van der Waals surface area contributed by atoms with E-state index in [1.807, 2.05) is 0 Å². The van der Waals surface area contributed by atoms with Crippen molar-refractivity contribution in [3.8, 4) is 68.8 Å². The summed E-state index contributed by atoms with van der Waals surface area (Å²) < 4.78 is 28.3. The molecular formula is C124H156N20+8. The van der Waals surface area contributed by atoms with Gasteiger partial charge in [-0.25, -0.2) is 56.1 Å². The zero-order valence-corrected chi connectivity index (χ0v) is 91.6. The molecular weight excluding hydrogens is 1770 g/mol. The first kappa shape index (κ1) is 101. The van der Waals surface area contributed by atoms with E-state index in [0.29, 0.717) is 47.3 Å². The van der Waals surface area contributed by atoms with Crippen LogP contribution in [-0.4, -0.2) is 80.9 Å². The molecule has 8 aromatic carbocycles. The maximum absolute atomic E-state index is 2.52. The van der Waals surface area contributed by atoms with Crippen molar-refractivity contribution in [1.82, 2.24) is 28.1 Å². The average Bonchev–Trinajstić information content (AvgIpc) is 1.71. The van der Waals surface area contributed by atoms with Crippen LogP contribution in [0.5, 0.6) is 0 Å². The van der Waals surface area contributed by atoms with E-state index < -0.39 is 0 Å². The Hall–Kier alpha value is -14.4. The monoisotopic (exact) mass is 1930 g/mol. The molecule has 744 valence electrons. The molecule has 16 aromatic rings. The molecule has 20 heteroatoms. The first-order valence-corrected chi connectivity index (χ1v) is 52.1. The summed E-state index contributed by atoms with van der Waals surface area (Å²) >= 11 is 0. The molecule has 0 saturated heterocycles. The predicted molar refractivity (Wildman–Crippen MR) is 593 cm³/mol. The molecule has 20 nitrogen and oxygen atoms in total. The Morgan fingerprint density at radius 3 is 0.771 bits per heavy atom. The van der Waals surface area contributed by atoms with Gasteiger partial charge in [0.1, 0.15) is 59.9 Å². The van der Waals surface area contributed by atoms with Crippen LogP contribution < -0.4 is 65.9 Å². The van der Waals surface area contributed by atoms with Crippen LogP contribution in [0.1, 0.15) is 230 Å². The van der Waals surface area contributed by atoms with Gasteiger partial charge in [-0.3, -0.25) is 0 Å². The van der Waals surface area contributed by atoms with Crippen molar-refractivity contribution < 1.29 is 36.5 Å². The van der Waals surface area contributed by atoms with E-state index in [1.54, 1.807) is 0 Å². The Balaban J connectivity index is 0.000000132. The molecule has 4 aliphatic rings. The number of rotatable bonds is 20. The van der Waals surface area contributed by atoms with E-state index in [1.165, 1.54) is 181 Å². The number of aryl methyl sites for hydroxylation is 4. The minimum Gasteiger partial charge on any atom is -0.339 e. The maximum Gasteiger partial charge on any atom is 0.335 e. The summed E-state index contributed by atoms with van der Waals surface area (Å²) in [6.07, 6.45) is 18.3. The molecule has 12 heterocycles. The molecule has 4 aliphatic heterocycles. The number of aromatic nitrogens is 12. The van der Waals surface area contributed by atoms with Crippen molar-refractivity contribution in [3.05, 3.63) is 337 Å². The highest BCUT2D eigenvalue weighted by Crippen LogP contribution is 2.47. The number of para-hydroxylation sites is 12. The van der Waals surface area contributed by atoms with Crippen LogP contribution in [0.25, 0.3) is 90.9 Å². The summed E-state index contributed by atoms with van der Waals surface area (Å²) in [6, 6.07) is 88.7. The van der Waals surface area contributed by atoms with E-state index in [0.717, 1.165) is 0 Å². The standard InChI is InChI=1S/C35H41N5.2C31H39N5.C27H37N5/c1-23(2)26-15-13-16-27(24(3)4)34(26)40-31-20-12-10-18-29(31)38(8)35(40)32-21-14-22-33(37(32)7)39-25(5)36(6)28-17-9-11-19-30(28)39;1-21(2)24-13-11-14-25(22(3)4)30(24)35-20-19-32(6)31(35)28-17-12-18-29(34(28)8)36-23(5)33(7)26-15-9-10-16-27(26)36;1-21(2)24-13-11-14-25(22(3)4)30(24)36-27-16-10-9-15-26(27)34(8)31(36)28-17-12-18-29(33(28)7)35-20-19-32(6)23(35)5;1-19(2)22-11-9-12-23(20(3)4)26(22)32-18-16-29(7)27(32)24-13-10-14-25(30(24)8)31-17-15-28(6)21(31)5/h9-25H,1-8H3;2*9-23H,1-8H3;9-21H,1-8H3/q4*+2/t25-;2*23-;21-/m0000/s1. The number of anilines is 8. The zero-order valence-electron chi connectivity index (χ0n) is 91.6. The first-order valence-electron chi connectivity index (χ1n) is 52.1. The SMILES string of the molecule is CC(C)c1cccc(C(C)C)c1-n1c(-c2cccc(N3C=CN(C)[C@@H]3C)[n+]2C)[n+](C)c2ccccc21.CC(C)c1cccc(C(C)C)c1-n1c(-c2cccc(N3c4ccccc4N(C)[C@@H]3C)[n+]2C)[n+](C)c2ccccc21.CC(C)c1cccc(C(C)C)c1-n1cc[n+](C)c1-c1cccc(N2C=CN(C)[C@@H]2C)[n+]1C.CC(C)c1cccc(C(C)C)c1-n1cc[n+](C)c1-c1cccc(N2c3ccccc3N(C)[C@@H]2C)[n+]1C. The lowest BCUT2D eigenvalue weighted by Crippen LogP contribution is -2.46. The Bertz CT molecular complexity index is 7400. The summed E-state index contributed by atoms with van der Waals surface area (Å²) in [5.41, 5.74) is 30.8. The highest BCUT2D eigenvalue weighted by molar-refractivity contribution is 5.85. The van der Waals surface area contributed by atoms with Gasteiger partial charge < -0.3 is 19.6 Å². The van der Waals surface area contributed by atoms with Gasteiger partial charge in [0.05, 0.1) is 67.8 Å². The molecule has 0 unspecified atom stereocenters. The third-order valence-electron chi connectivity index (χ3n) is 30.9. The normalized spacial score (nSPS) is 15.6. The molecule has 0 saturated carbocycles. The minimum atomic E-state index is 0.202. The van der Waals surface area contributed by atoms with E-state index in [9.17, 15) is 0 Å². The lowest BCUT2D eigenvalue weighted by Gasteiger charge is -2.22. The van der Waals surface area contributed by atoms with E-state index in [-0.39, 0.29) is 24.7 Å². The van der Waals surface area contributed by atoms with Crippen molar-refractivity contribution in [2.24, 2.45) is 56.4 Å². The summed E-state index contributed by atoms with van der Waals surface area (Å²) in [5, 5.41) is 0. The van der Waals surface area contributed by atoms with Gasteiger partial charge in [-0.15, -0.1) is 0 Å². The van der Waals surface area contributed by atoms with Crippen LogP contribution in [0.15, 0.2) is 292 Å². The van der Waals surface area contributed by atoms with Gasteiger partial charge in [0.15, 0.2) is 58.1 Å². The fraction of sp³-hybridized carbons (Fsp3) is 0.355. The Kier molecular flexibility index (Phi) is 28.9. The van der Waals surface area contributed by atoms with Crippen LogP contribution in [0.3, 0.4) is 0 Å². The Labute approximate surface area is 857 Å². The second-order valence-corrected chi connectivity index (χ2v) is 42.5. The average molecular weight is 1930 g/mol. The lowest BCUT2D eigenvalue weighted by molar-refractivity contribution is -0.684. The number of imidazole rings is 4. The zero-order chi connectivity index (χ0) is 103.